The molecule has 2 aromatic heterocycles. The van der Waals surface area contributed by atoms with Crippen molar-refractivity contribution in [1.82, 2.24) is 9.97 Å². The first kappa shape index (κ1) is 27.9. The van der Waals surface area contributed by atoms with Crippen molar-refractivity contribution in [2.75, 3.05) is 18.5 Å². The van der Waals surface area contributed by atoms with Crippen molar-refractivity contribution >= 4 is 38.2 Å². The highest BCUT2D eigenvalue weighted by Gasteiger charge is 2.54. The first-order valence-corrected chi connectivity index (χ1v) is 15.0. The van der Waals surface area contributed by atoms with Crippen LogP contribution < -0.4 is 15.8 Å². The van der Waals surface area contributed by atoms with Crippen LogP contribution in [0.2, 0.25) is 0 Å². The zero-order valence-electron chi connectivity index (χ0n) is 22.4. The van der Waals surface area contributed by atoms with Gasteiger partial charge >= 0.3 is 0 Å². The van der Waals surface area contributed by atoms with Gasteiger partial charge in [-0.1, -0.05) is 18.2 Å². The smallest absolute Gasteiger partial charge is 0.293 e. The Balaban J connectivity index is 1.35. The second-order valence-electron chi connectivity index (χ2n) is 10.5. The van der Waals surface area contributed by atoms with Crippen LogP contribution in [0.1, 0.15) is 25.7 Å². The largest absolute Gasteiger partial charge is 0.464 e. The third kappa shape index (κ3) is 4.80. The van der Waals surface area contributed by atoms with Crippen molar-refractivity contribution in [3.05, 3.63) is 77.1 Å². The van der Waals surface area contributed by atoms with E-state index >= 15 is 0 Å². The van der Waals surface area contributed by atoms with E-state index in [2.05, 4.69) is 15.3 Å². The molecular formula is C28H29N5O8S. The number of carbonyl (C=O) groups is 1. The van der Waals surface area contributed by atoms with Crippen molar-refractivity contribution in [1.29, 1.82) is 0 Å². The number of primary amides is 1. The van der Waals surface area contributed by atoms with E-state index in [1.165, 1.54) is 42.6 Å². The molecule has 1 aliphatic heterocycles. The van der Waals surface area contributed by atoms with E-state index in [4.69, 9.17) is 19.9 Å². The summed E-state index contributed by atoms with van der Waals surface area (Å²) in [6, 6.07) is 6.82. The number of aromatic amines is 1. The molecule has 4 N–H and O–H groups in total. The molecule has 3 aliphatic rings. The number of ether oxygens (including phenoxy) is 3. The second kappa shape index (κ2) is 10.5. The minimum atomic E-state index is -4.64. The first-order chi connectivity index (χ1) is 20.1. The van der Waals surface area contributed by atoms with Crippen LogP contribution in [0.5, 0.6) is 5.75 Å². The first-order valence-electron chi connectivity index (χ1n) is 13.5. The van der Waals surface area contributed by atoms with Crippen molar-refractivity contribution in [2.24, 2.45) is 11.7 Å². The number of fused-ring (bicyclic) bond motifs is 1. The normalized spacial score (nSPS) is 23.8. The van der Waals surface area contributed by atoms with Crippen molar-refractivity contribution in [3.8, 4) is 5.75 Å². The maximum atomic E-state index is 14.3. The highest BCUT2D eigenvalue weighted by molar-refractivity contribution is 7.93. The van der Waals surface area contributed by atoms with Gasteiger partial charge in [0.05, 0.1) is 29.2 Å². The molecule has 6 rings (SSSR count). The number of nitro benzene ring substituents is 1. The quantitative estimate of drug-likeness (QED) is 0.257. The number of nitrogens with two attached hydrogens (primary N) is 1. The predicted octanol–water partition coefficient (Wildman–Crippen LogP) is 3.35. The number of nitro groups is 1. The summed E-state index contributed by atoms with van der Waals surface area (Å²) in [7, 11) is -4.64. The van der Waals surface area contributed by atoms with Crippen LogP contribution in [0.3, 0.4) is 0 Å². The van der Waals surface area contributed by atoms with Gasteiger partial charge in [0.25, 0.3) is 5.69 Å². The standard InChI is InChI=1S/C28H29N5O8S/c29-25(34)22-3-1-2-9-28(22,41-20-15-18-8-12-30-26(18)31-17-20)42(37,38)21-4-5-23(24(16-21)33(35)36)32-19-6-10-27(11-7-19)39-13-14-40-27/h1-5,8-9,12,15-17,19,22,32H,6-7,10-11,13-14H2,(H2,29,34)(H,30,31). The topological polar surface area (TPSA) is 189 Å². The lowest BCUT2D eigenvalue weighted by Crippen LogP contribution is -2.53. The van der Waals surface area contributed by atoms with E-state index < -0.39 is 47.9 Å². The number of allylic oxidation sites excluding steroid dienone is 2. The predicted molar refractivity (Wildman–Crippen MR) is 151 cm³/mol. The van der Waals surface area contributed by atoms with Crippen LogP contribution >= 0.6 is 0 Å². The molecule has 0 radical (unpaired) electrons. The lowest BCUT2D eigenvalue weighted by molar-refractivity contribution is -0.384. The molecule has 2 unspecified atom stereocenters. The van der Waals surface area contributed by atoms with Gasteiger partial charge in [0, 0.05) is 36.5 Å². The molecule has 3 aromatic rings. The second-order valence-corrected chi connectivity index (χ2v) is 12.6. The summed E-state index contributed by atoms with van der Waals surface area (Å²) in [6.45, 7) is 1.09. The zero-order chi connectivity index (χ0) is 29.5. The fourth-order valence-electron chi connectivity index (χ4n) is 5.81. The number of rotatable bonds is 8. The monoisotopic (exact) mass is 595 g/mol. The molecule has 1 amide bonds. The number of sulfone groups is 1. The van der Waals surface area contributed by atoms with E-state index in [-0.39, 0.29) is 17.5 Å². The Bertz CT molecular complexity index is 1700. The van der Waals surface area contributed by atoms with Crippen LogP contribution in [0.25, 0.3) is 11.0 Å². The third-order valence-corrected chi connectivity index (χ3v) is 10.1. The van der Waals surface area contributed by atoms with Gasteiger partial charge < -0.3 is 30.2 Å². The molecule has 1 saturated heterocycles. The molecule has 2 atom stereocenters. The SMILES string of the molecule is NC(=O)C1C=CC=CC1(Oc1cnc2[nH]ccc2c1)S(=O)(=O)c1ccc(NC2CCC3(CC2)OCCO3)c([N+](=O)[O-])c1. The molecule has 1 saturated carbocycles. The van der Waals surface area contributed by atoms with Crippen LogP contribution in [-0.4, -0.2) is 59.2 Å². The Hall–Kier alpha value is -4.27. The average Bonchev–Trinajstić information content (AvgIpc) is 3.64. The summed E-state index contributed by atoms with van der Waals surface area (Å²) in [5, 5.41) is 16.0. The molecule has 1 aromatic carbocycles. The van der Waals surface area contributed by atoms with Gasteiger partial charge in [0.1, 0.15) is 23.0 Å². The number of carbonyl (C=O) groups excluding carboxylic acids is 1. The maximum Gasteiger partial charge on any atom is 0.293 e. The van der Waals surface area contributed by atoms with Crippen LogP contribution in [0.4, 0.5) is 11.4 Å². The number of pyridine rings is 1. The van der Waals surface area contributed by atoms with Gasteiger partial charge in [-0.2, -0.15) is 0 Å². The van der Waals surface area contributed by atoms with Gasteiger partial charge in [-0.25, -0.2) is 13.4 Å². The fraction of sp³-hybridized carbons (Fsp3) is 0.357. The zero-order valence-corrected chi connectivity index (χ0v) is 23.2. The molecule has 0 bridgehead atoms. The highest BCUT2D eigenvalue weighted by Crippen LogP contribution is 2.42. The van der Waals surface area contributed by atoms with Gasteiger partial charge in [-0.3, -0.25) is 14.9 Å². The number of anilines is 1. The number of H-pyrrole nitrogens is 1. The number of hydrogen-bond donors (Lipinski definition) is 3. The van der Waals surface area contributed by atoms with Crippen molar-refractivity contribution in [2.45, 2.75) is 47.3 Å². The average molecular weight is 596 g/mol. The van der Waals surface area contributed by atoms with Crippen molar-refractivity contribution < 1.29 is 32.3 Å². The minimum absolute atomic E-state index is 0.0648. The Morgan fingerprint density at radius 3 is 2.64 bits per heavy atom. The van der Waals surface area contributed by atoms with Crippen molar-refractivity contribution in [3.63, 3.8) is 0 Å². The molecule has 220 valence electrons. The molecule has 3 heterocycles. The maximum absolute atomic E-state index is 14.3. The number of nitrogens with one attached hydrogen (secondary N) is 2. The summed E-state index contributed by atoms with van der Waals surface area (Å²) in [5.74, 6) is -2.92. The number of benzene rings is 1. The molecular weight excluding hydrogens is 566 g/mol. The number of amides is 1. The van der Waals surface area contributed by atoms with Gasteiger partial charge in [0.2, 0.25) is 20.7 Å². The van der Waals surface area contributed by atoms with Crippen LogP contribution in [0, 0.1) is 16.0 Å². The Morgan fingerprint density at radius 1 is 1.17 bits per heavy atom. The summed E-state index contributed by atoms with van der Waals surface area (Å²) >= 11 is 0. The summed E-state index contributed by atoms with van der Waals surface area (Å²) in [4.78, 5) is 28.5. The van der Waals surface area contributed by atoms with Crippen LogP contribution in [0.15, 0.2) is 71.9 Å². The highest BCUT2D eigenvalue weighted by atomic mass is 32.2. The van der Waals surface area contributed by atoms with E-state index in [9.17, 15) is 23.3 Å². The van der Waals surface area contributed by atoms with E-state index in [1.54, 1.807) is 18.3 Å². The number of hydrogen-bond acceptors (Lipinski definition) is 10. The van der Waals surface area contributed by atoms with Crippen LogP contribution in [-0.2, 0) is 24.1 Å². The number of nitrogens with zero attached hydrogens (tertiary/aromatic N) is 2. The lowest BCUT2D eigenvalue weighted by atomic mass is 9.90. The van der Waals surface area contributed by atoms with Gasteiger partial charge in [0.15, 0.2) is 5.79 Å². The molecule has 2 fully saturated rings. The Morgan fingerprint density at radius 2 is 1.93 bits per heavy atom. The summed E-state index contributed by atoms with van der Waals surface area (Å²) in [5.41, 5.74) is 5.97. The third-order valence-electron chi connectivity index (χ3n) is 7.95. The summed E-state index contributed by atoms with van der Waals surface area (Å²) in [6.07, 6.45) is 11.1. The molecule has 14 heteroatoms. The minimum Gasteiger partial charge on any atom is -0.464 e. The van der Waals surface area contributed by atoms with E-state index in [1.807, 2.05) is 0 Å². The van der Waals surface area contributed by atoms with E-state index in [0.717, 1.165) is 6.07 Å². The fourth-order valence-corrected chi connectivity index (χ4v) is 7.68. The molecule has 42 heavy (non-hydrogen) atoms. The van der Waals surface area contributed by atoms with E-state index in [0.29, 0.717) is 49.9 Å². The summed E-state index contributed by atoms with van der Waals surface area (Å²) < 4.78 is 46.3. The van der Waals surface area contributed by atoms with Gasteiger partial charge in [-0.15, -0.1) is 0 Å². The molecule has 13 nitrogen and oxygen atoms in total. The lowest BCUT2D eigenvalue weighted by Gasteiger charge is -2.36. The number of aromatic nitrogens is 2. The Labute approximate surface area is 240 Å². The Kier molecular flexibility index (Phi) is 6.99. The van der Waals surface area contributed by atoms with Gasteiger partial charge in [-0.05, 0) is 43.2 Å². The molecule has 2 aliphatic carbocycles. The molecule has 1 spiro atoms.